The van der Waals surface area contributed by atoms with E-state index in [-0.39, 0.29) is 0 Å². The van der Waals surface area contributed by atoms with Crippen LogP contribution < -0.4 is 5.32 Å². The molecule has 0 amide bonds. The van der Waals surface area contributed by atoms with E-state index in [9.17, 15) is 0 Å². The highest BCUT2D eigenvalue weighted by Gasteiger charge is 2.29. The maximum atomic E-state index is 6.06. The van der Waals surface area contributed by atoms with Crippen molar-refractivity contribution in [1.29, 1.82) is 0 Å². The SMILES string of the molecule is CCNC(CC(CC)CC)C1CN(C(C)C)CCO1. The van der Waals surface area contributed by atoms with Crippen molar-refractivity contribution in [2.75, 3.05) is 26.2 Å². The zero-order valence-electron chi connectivity index (χ0n) is 13.6. The van der Waals surface area contributed by atoms with Gasteiger partial charge in [0, 0.05) is 25.2 Å². The normalized spacial score (nSPS) is 23.2. The molecule has 114 valence electrons. The Morgan fingerprint density at radius 3 is 2.42 bits per heavy atom. The fourth-order valence-electron chi connectivity index (χ4n) is 3.02. The largest absolute Gasteiger partial charge is 0.374 e. The summed E-state index contributed by atoms with van der Waals surface area (Å²) in [7, 11) is 0. The minimum atomic E-state index is 0.358. The summed E-state index contributed by atoms with van der Waals surface area (Å²) in [6, 6.07) is 1.14. The smallest absolute Gasteiger partial charge is 0.0855 e. The average molecular weight is 270 g/mol. The molecule has 2 unspecified atom stereocenters. The van der Waals surface area contributed by atoms with Crippen LogP contribution in [-0.2, 0) is 4.74 Å². The van der Waals surface area contributed by atoms with Gasteiger partial charge < -0.3 is 10.1 Å². The molecule has 1 aliphatic rings. The molecule has 0 aromatic carbocycles. The lowest BCUT2D eigenvalue weighted by molar-refractivity contribution is -0.0586. The van der Waals surface area contributed by atoms with Crippen LogP contribution >= 0.6 is 0 Å². The molecule has 0 spiro atoms. The summed E-state index contributed by atoms with van der Waals surface area (Å²) < 4.78 is 6.06. The summed E-state index contributed by atoms with van der Waals surface area (Å²) in [4.78, 5) is 2.55. The average Bonchev–Trinajstić information content (AvgIpc) is 2.43. The van der Waals surface area contributed by atoms with E-state index >= 15 is 0 Å². The molecule has 0 bridgehead atoms. The lowest BCUT2D eigenvalue weighted by Gasteiger charge is -2.40. The van der Waals surface area contributed by atoms with Gasteiger partial charge in [-0.15, -0.1) is 0 Å². The summed E-state index contributed by atoms with van der Waals surface area (Å²) in [6.45, 7) is 15.5. The topological polar surface area (TPSA) is 24.5 Å². The van der Waals surface area contributed by atoms with Gasteiger partial charge in [-0.05, 0) is 32.7 Å². The lowest BCUT2D eigenvalue weighted by Crippen LogP contribution is -2.54. The van der Waals surface area contributed by atoms with Crippen LogP contribution in [0.1, 0.15) is 53.9 Å². The van der Waals surface area contributed by atoms with E-state index in [0.29, 0.717) is 18.2 Å². The van der Waals surface area contributed by atoms with Gasteiger partial charge in [0.1, 0.15) is 0 Å². The van der Waals surface area contributed by atoms with Gasteiger partial charge in [-0.2, -0.15) is 0 Å². The fourth-order valence-corrected chi connectivity index (χ4v) is 3.02. The molecule has 0 saturated carbocycles. The van der Waals surface area contributed by atoms with Gasteiger partial charge in [-0.1, -0.05) is 33.6 Å². The van der Waals surface area contributed by atoms with Crippen LogP contribution in [0, 0.1) is 5.92 Å². The molecule has 1 heterocycles. The van der Waals surface area contributed by atoms with Crippen molar-refractivity contribution in [3.63, 3.8) is 0 Å². The van der Waals surface area contributed by atoms with E-state index in [1.54, 1.807) is 0 Å². The van der Waals surface area contributed by atoms with Crippen molar-refractivity contribution >= 4 is 0 Å². The first-order valence-electron chi connectivity index (χ1n) is 8.21. The quantitative estimate of drug-likeness (QED) is 0.734. The molecule has 1 aliphatic heterocycles. The molecule has 1 fully saturated rings. The standard InChI is InChI=1S/C16H34N2O/c1-6-14(7-2)11-15(17-8-3)16-12-18(13(4)5)9-10-19-16/h13-17H,6-12H2,1-5H3. The highest BCUT2D eigenvalue weighted by molar-refractivity contribution is 4.85. The van der Waals surface area contributed by atoms with Crippen LogP contribution in [0.3, 0.4) is 0 Å². The van der Waals surface area contributed by atoms with Gasteiger partial charge in [0.25, 0.3) is 0 Å². The van der Waals surface area contributed by atoms with Crippen LogP contribution in [0.2, 0.25) is 0 Å². The molecule has 19 heavy (non-hydrogen) atoms. The molecule has 3 nitrogen and oxygen atoms in total. The van der Waals surface area contributed by atoms with E-state index in [1.807, 2.05) is 0 Å². The summed E-state index contributed by atoms with van der Waals surface area (Å²) in [5.74, 6) is 0.821. The Hall–Kier alpha value is -0.120. The highest BCUT2D eigenvalue weighted by Crippen LogP contribution is 2.20. The van der Waals surface area contributed by atoms with Crippen molar-refractivity contribution in [3.05, 3.63) is 0 Å². The van der Waals surface area contributed by atoms with Gasteiger partial charge in [-0.25, -0.2) is 0 Å². The highest BCUT2D eigenvalue weighted by atomic mass is 16.5. The molecule has 2 atom stereocenters. The Morgan fingerprint density at radius 1 is 1.21 bits per heavy atom. The Labute approximate surface area is 120 Å². The Morgan fingerprint density at radius 2 is 1.89 bits per heavy atom. The predicted molar refractivity (Wildman–Crippen MR) is 82.6 cm³/mol. The second-order valence-electron chi connectivity index (χ2n) is 6.08. The Balaban J connectivity index is 2.58. The van der Waals surface area contributed by atoms with Crippen molar-refractivity contribution in [3.8, 4) is 0 Å². The van der Waals surface area contributed by atoms with Crippen LogP contribution in [0.25, 0.3) is 0 Å². The van der Waals surface area contributed by atoms with Gasteiger partial charge in [0.05, 0.1) is 12.7 Å². The van der Waals surface area contributed by atoms with Crippen LogP contribution in [0.4, 0.5) is 0 Å². The van der Waals surface area contributed by atoms with Crippen LogP contribution in [0.15, 0.2) is 0 Å². The molecule has 0 aliphatic carbocycles. The van der Waals surface area contributed by atoms with Crippen molar-refractivity contribution in [1.82, 2.24) is 10.2 Å². The Bertz CT molecular complexity index is 229. The van der Waals surface area contributed by atoms with Crippen molar-refractivity contribution < 1.29 is 4.74 Å². The number of hydrogen-bond acceptors (Lipinski definition) is 3. The van der Waals surface area contributed by atoms with Crippen LogP contribution in [0.5, 0.6) is 0 Å². The zero-order valence-corrected chi connectivity index (χ0v) is 13.6. The minimum absolute atomic E-state index is 0.358. The molecular weight excluding hydrogens is 236 g/mol. The molecule has 0 radical (unpaired) electrons. The maximum absolute atomic E-state index is 6.06. The first kappa shape index (κ1) is 16.9. The molecule has 0 aromatic heterocycles. The number of nitrogens with zero attached hydrogens (tertiary/aromatic N) is 1. The molecular formula is C16H34N2O. The summed E-state index contributed by atoms with van der Waals surface area (Å²) in [5, 5.41) is 3.66. The zero-order chi connectivity index (χ0) is 14.3. The van der Waals surface area contributed by atoms with E-state index in [4.69, 9.17) is 4.74 Å². The number of ether oxygens (including phenoxy) is 1. The van der Waals surface area contributed by atoms with E-state index in [0.717, 1.165) is 32.2 Å². The van der Waals surface area contributed by atoms with Gasteiger partial charge in [-0.3, -0.25) is 4.90 Å². The lowest BCUT2D eigenvalue weighted by atomic mass is 9.91. The van der Waals surface area contributed by atoms with E-state index in [1.165, 1.54) is 19.3 Å². The van der Waals surface area contributed by atoms with Crippen molar-refractivity contribution in [2.45, 2.75) is 72.1 Å². The molecule has 1 saturated heterocycles. The van der Waals surface area contributed by atoms with E-state index in [2.05, 4.69) is 44.8 Å². The number of hydrogen-bond donors (Lipinski definition) is 1. The minimum Gasteiger partial charge on any atom is -0.374 e. The van der Waals surface area contributed by atoms with Gasteiger partial charge in [0.2, 0.25) is 0 Å². The maximum Gasteiger partial charge on any atom is 0.0855 e. The molecule has 0 aromatic rings. The Kier molecular flexibility index (Phi) is 7.96. The predicted octanol–water partition coefficient (Wildman–Crippen LogP) is 2.90. The van der Waals surface area contributed by atoms with E-state index < -0.39 is 0 Å². The number of nitrogens with one attached hydrogen (secondary N) is 1. The summed E-state index contributed by atoms with van der Waals surface area (Å²) in [5.41, 5.74) is 0. The molecule has 1 rings (SSSR count). The van der Waals surface area contributed by atoms with Gasteiger partial charge >= 0.3 is 0 Å². The first-order chi connectivity index (χ1) is 9.12. The monoisotopic (exact) mass is 270 g/mol. The fraction of sp³-hybridized carbons (Fsp3) is 1.00. The third-order valence-corrected chi connectivity index (χ3v) is 4.51. The third-order valence-electron chi connectivity index (χ3n) is 4.51. The van der Waals surface area contributed by atoms with Crippen LogP contribution in [-0.4, -0.2) is 49.3 Å². The molecule has 1 N–H and O–H groups in total. The van der Waals surface area contributed by atoms with Crippen molar-refractivity contribution in [2.24, 2.45) is 5.92 Å². The van der Waals surface area contributed by atoms with Gasteiger partial charge in [0.15, 0.2) is 0 Å². The number of morpholine rings is 1. The third kappa shape index (κ3) is 5.41. The second kappa shape index (κ2) is 8.93. The number of rotatable bonds is 8. The summed E-state index contributed by atoms with van der Waals surface area (Å²) >= 11 is 0. The summed E-state index contributed by atoms with van der Waals surface area (Å²) in [6.07, 6.45) is 4.16. The first-order valence-corrected chi connectivity index (χ1v) is 8.21. The number of likely N-dealkylation sites (N-methyl/N-ethyl adjacent to an activating group) is 1. The molecule has 3 heteroatoms. The second-order valence-corrected chi connectivity index (χ2v) is 6.08.